The van der Waals surface area contributed by atoms with E-state index in [9.17, 15) is 13.2 Å². The minimum atomic E-state index is -4.59. The molecule has 1 heterocycles. The zero-order valence-corrected chi connectivity index (χ0v) is 9.84. The van der Waals surface area contributed by atoms with E-state index in [4.69, 9.17) is 21.1 Å². The molecule has 1 aromatic heterocycles. The standard InChI is InChI=1S/C9H10ClF3N2O2/c1-5(4-16-2)17-7-3-6(9(11,12)13)14-8(10)15-7/h3,5H,4H2,1-2H3. The molecule has 1 unspecified atom stereocenters. The fourth-order valence-electron chi connectivity index (χ4n) is 1.08. The van der Waals surface area contributed by atoms with Gasteiger partial charge in [0.05, 0.1) is 6.61 Å². The second kappa shape index (κ2) is 5.50. The first-order chi connectivity index (χ1) is 7.82. The van der Waals surface area contributed by atoms with Crippen molar-refractivity contribution in [3.8, 4) is 5.88 Å². The van der Waals surface area contributed by atoms with Crippen molar-refractivity contribution in [2.75, 3.05) is 13.7 Å². The van der Waals surface area contributed by atoms with Crippen LogP contribution in [0, 0.1) is 0 Å². The largest absolute Gasteiger partial charge is 0.472 e. The first-order valence-corrected chi connectivity index (χ1v) is 4.98. The lowest BCUT2D eigenvalue weighted by atomic mass is 10.4. The van der Waals surface area contributed by atoms with Gasteiger partial charge in [-0.25, -0.2) is 4.98 Å². The molecular weight excluding hydrogens is 261 g/mol. The highest BCUT2D eigenvalue weighted by atomic mass is 35.5. The van der Waals surface area contributed by atoms with Gasteiger partial charge in [0.2, 0.25) is 11.2 Å². The SMILES string of the molecule is COCC(C)Oc1cc(C(F)(F)F)nc(Cl)n1. The summed E-state index contributed by atoms with van der Waals surface area (Å²) >= 11 is 5.38. The van der Waals surface area contributed by atoms with E-state index < -0.39 is 23.3 Å². The van der Waals surface area contributed by atoms with Crippen molar-refractivity contribution in [1.29, 1.82) is 0 Å². The van der Waals surface area contributed by atoms with Gasteiger partial charge in [0.25, 0.3) is 0 Å². The Morgan fingerprint density at radius 2 is 2.06 bits per heavy atom. The summed E-state index contributed by atoms with van der Waals surface area (Å²) in [4.78, 5) is 6.62. The van der Waals surface area contributed by atoms with Gasteiger partial charge in [0, 0.05) is 13.2 Å². The lowest BCUT2D eigenvalue weighted by Gasteiger charge is -2.14. The van der Waals surface area contributed by atoms with E-state index in [-0.39, 0.29) is 12.5 Å². The Kier molecular flexibility index (Phi) is 4.53. The molecule has 0 N–H and O–H groups in total. The molecule has 1 rings (SSSR count). The van der Waals surface area contributed by atoms with Crippen LogP contribution in [0.4, 0.5) is 13.2 Å². The maximum absolute atomic E-state index is 12.4. The van der Waals surface area contributed by atoms with Crippen LogP contribution in [0.3, 0.4) is 0 Å². The van der Waals surface area contributed by atoms with Crippen molar-refractivity contribution in [2.24, 2.45) is 0 Å². The summed E-state index contributed by atoms with van der Waals surface area (Å²) in [7, 11) is 1.45. The molecule has 0 aliphatic heterocycles. The van der Waals surface area contributed by atoms with Crippen LogP contribution in [-0.2, 0) is 10.9 Å². The maximum atomic E-state index is 12.4. The summed E-state index contributed by atoms with van der Waals surface area (Å²) in [6, 6.07) is 0.692. The number of ether oxygens (including phenoxy) is 2. The zero-order chi connectivity index (χ0) is 13.1. The van der Waals surface area contributed by atoms with Crippen LogP contribution < -0.4 is 4.74 Å². The third-order valence-corrected chi connectivity index (χ3v) is 1.86. The molecule has 0 aliphatic rings. The summed E-state index contributed by atoms with van der Waals surface area (Å²) in [6.07, 6.45) is -5.03. The fourth-order valence-corrected chi connectivity index (χ4v) is 1.25. The molecule has 1 aromatic rings. The molecule has 0 fully saturated rings. The lowest BCUT2D eigenvalue weighted by molar-refractivity contribution is -0.141. The van der Waals surface area contributed by atoms with Crippen molar-refractivity contribution < 1.29 is 22.6 Å². The lowest BCUT2D eigenvalue weighted by Crippen LogP contribution is -2.19. The van der Waals surface area contributed by atoms with Crippen LogP contribution in [0.5, 0.6) is 5.88 Å². The van der Waals surface area contributed by atoms with Gasteiger partial charge in [-0.3, -0.25) is 0 Å². The summed E-state index contributed by atoms with van der Waals surface area (Å²) in [5, 5.41) is -0.514. The van der Waals surface area contributed by atoms with Crippen molar-refractivity contribution in [3.05, 3.63) is 17.0 Å². The van der Waals surface area contributed by atoms with Crippen molar-refractivity contribution in [1.82, 2.24) is 9.97 Å². The molecule has 4 nitrogen and oxygen atoms in total. The second-order valence-electron chi connectivity index (χ2n) is 3.24. The number of rotatable bonds is 4. The molecule has 0 bridgehead atoms. The first kappa shape index (κ1) is 14.0. The Labute approximate surface area is 101 Å². The predicted molar refractivity (Wildman–Crippen MR) is 54.0 cm³/mol. The van der Waals surface area contributed by atoms with E-state index in [1.54, 1.807) is 6.92 Å². The van der Waals surface area contributed by atoms with Gasteiger partial charge in [-0.15, -0.1) is 0 Å². The Hall–Kier alpha value is -1.08. The third-order valence-electron chi connectivity index (χ3n) is 1.69. The second-order valence-corrected chi connectivity index (χ2v) is 3.58. The average molecular weight is 271 g/mol. The highest BCUT2D eigenvalue weighted by Crippen LogP contribution is 2.30. The van der Waals surface area contributed by atoms with Gasteiger partial charge in [-0.05, 0) is 18.5 Å². The number of nitrogens with zero attached hydrogens (tertiary/aromatic N) is 2. The molecule has 1 atom stereocenters. The number of halogens is 4. The number of aromatic nitrogens is 2. The van der Waals surface area contributed by atoms with Crippen molar-refractivity contribution in [2.45, 2.75) is 19.2 Å². The van der Waals surface area contributed by atoms with E-state index in [1.165, 1.54) is 7.11 Å². The summed E-state index contributed by atoms with van der Waals surface area (Å²) < 4.78 is 47.1. The van der Waals surface area contributed by atoms with Gasteiger partial charge >= 0.3 is 6.18 Å². The number of methoxy groups -OCH3 is 1. The van der Waals surface area contributed by atoms with E-state index in [0.29, 0.717) is 6.07 Å². The quantitative estimate of drug-likeness (QED) is 0.789. The molecule has 96 valence electrons. The zero-order valence-electron chi connectivity index (χ0n) is 9.08. The van der Waals surface area contributed by atoms with Crippen LogP contribution in [-0.4, -0.2) is 29.8 Å². The predicted octanol–water partition coefficient (Wildman–Crippen LogP) is 2.56. The number of alkyl halides is 3. The van der Waals surface area contributed by atoms with E-state index in [1.807, 2.05) is 0 Å². The molecule has 0 spiro atoms. The summed E-state index contributed by atoms with van der Waals surface area (Å²) in [5.74, 6) is -0.234. The fraction of sp³-hybridized carbons (Fsp3) is 0.556. The van der Waals surface area contributed by atoms with Gasteiger partial charge in [-0.1, -0.05) is 0 Å². The molecule has 0 saturated heterocycles. The van der Waals surface area contributed by atoms with Crippen LogP contribution >= 0.6 is 11.6 Å². The molecule has 17 heavy (non-hydrogen) atoms. The molecule has 0 saturated carbocycles. The van der Waals surface area contributed by atoms with Crippen LogP contribution in [0.2, 0.25) is 5.28 Å². The molecular formula is C9H10ClF3N2O2. The topological polar surface area (TPSA) is 44.2 Å². The highest BCUT2D eigenvalue weighted by molar-refractivity contribution is 6.28. The highest BCUT2D eigenvalue weighted by Gasteiger charge is 2.34. The van der Waals surface area contributed by atoms with Crippen LogP contribution in [0.15, 0.2) is 6.07 Å². The summed E-state index contributed by atoms with van der Waals surface area (Å²) in [5.41, 5.74) is -1.14. The van der Waals surface area contributed by atoms with Gasteiger partial charge in [0.1, 0.15) is 6.10 Å². The normalized spacial score (nSPS) is 13.5. The van der Waals surface area contributed by atoms with Crippen molar-refractivity contribution in [3.63, 3.8) is 0 Å². The van der Waals surface area contributed by atoms with Gasteiger partial charge in [0.15, 0.2) is 5.69 Å². The maximum Gasteiger partial charge on any atom is 0.433 e. The van der Waals surface area contributed by atoms with E-state index in [2.05, 4.69) is 9.97 Å². The molecule has 0 aliphatic carbocycles. The Morgan fingerprint density at radius 1 is 1.41 bits per heavy atom. The van der Waals surface area contributed by atoms with Gasteiger partial charge < -0.3 is 9.47 Å². The first-order valence-electron chi connectivity index (χ1n) is 4.60. The Balaban J connectivity index is 2.90. The van der Waals surface area contributed by atoms with E-state index in [0.717, 1.165) is 0 Å². The van der Waals surface area contributed by atoms with Crippen LogP contribution in [0.25, 0.3) is 0 Å². The Bertz CT molecular complexity index is 387. The smallest absolute Gasteiger partial charge is 0.433 e. The molecule has 0 radical (unpaired) electrons. The minimum absolute atomic E-state index is 0.225. The average Bonchev–Trinajstić information content (AvgIpc) is 2.15. The minimum Gasteiger partial charge on any atom is -0.472 e. The van der Waals surface area contributed by atoms with Crippen LogP contribution in [0.1, 0.15) is 12.6 Å². The molecule has 0 aromatic carbocycles. The third kappa shape index (κ3) is 4.35. The van der Waals surface area contributed by atoms with Gasteiger partial charge in [-0.2, -0.15) is 18.2 Å². The molecule has 8 heteroatoms. The Morgan fingerprint density at radius 3 is 2.59 bits per heavy atom. The summed E-state index contributed by atoms with van der Waals surface area (Å²) in [6.45, 7) is 1.86. The number of hydrogen-bond acceptors (Lipinski definition) is 4. The van der Waals surface area contributed by atoms with Crippen molar-refractivity contribution >= 4 is 11.6 Å². The van der Waals surface area contributed by atoms with E-state index >= 15 is 0 Å². The monoisotopic (exact) mass is 270 g/mol. The molecule has 0 amide bonds. The number of hydrogen-bond donors (Lipinski definition) is 0.